The van der Waals surface area contributed by atoms with Gasteiger partial charge < -0.3 is 23.8 Å². The molecule has 2 aliphatic rings. The first-order valence-corrected chi connectivity index (χ1v) is 14.4. The molecule has 4 rings (SSSR count). The van der Waals surface area contributed by atoms with Gasteiger partial charge in [-0.1, -0.05) is 0 Å². The van der Waals surface area contributed by atoms with Gasteiger partial charge in [0.05, 0.1) is 5.60 Å². The van der Waals surface area contributed by atoms with Crippen LogP contribution in [0, 0.1) is 5.82 Å². The maximum absolute atomic E-state index is 14.6. The lowest BCUT2D eigenvalue weighted by molar-refractivity contribution is -0.246. The molecule has 2 heterocycles. The SMILES string of the molecule is CCN(CC)C(=O)c1ccc(C2=CC3(CCCN(OCOC(C)(C)C)CC3)Oc3ccc(F)cc32)c(OCOC)c1. The summed E-state index contributed by atoms with van der Waals surface area (Å²) in [6, 6.07) is 10.0. The van der Waals surface area contributed by atoms with E-state index in [-0.39, 0.29) is 30.9 Å². The maximum atomic E-state index is 14.6. The van der Waals surface area contributed by atoms with Gasteiger partial charge in [-0.3, -0.25) is 9.63 Å². The molecule has 1 fully saturated rings. The Morgan fingerprint density at radius 1 is 1.05 bits per heavy atom. The number of ether oxygens (including phenoxy) is 4. The average molecular weight is 571 g/mol. The summed E-state index contributed by atoms with van der Waals surface area (Å²) in [6.07, 6.45) is 4.33. The number of halogens is 1. The topological polar surface area (TPSA) is 69.7 Å². The molecule has 1 unspecified atom stereocenters. The van der Waals surface area contributed by atoms with E-state index in [1.165, 1.54) is 12.1 Å². The lowest BCUT2D eigenvalue weighted by Gasteiger charge is -2.37. The molecular formula is C32H43FN2O6. The number of nitrogens with zero attached hydrogens (tertiary/aromatic N) is 2. The highest BCUT2D eigenvalue weighted by Gasteiger charge is 2.38. The summed E-state index contributed by atoms with van der Waals surface area (Å²) in [7, 11) is 1.55. The molecule has 1 atom stereocenters. The zero-order valence-corrected chi connectivity index (χ0v) is 25.1. The van der Waals surface area contributed by atoms with Gasteiger partial charge in [0.25, 0.3) is 5.91 Å². The van der Waals surface area contributed by atoms with Gasteiger partial charge in [0.15, 0.2) is 13.6 Å². The predicted molar refractivity (Wildman–Crippen MR) is 155 cm³/mol. The van der Waals surface area contributed by atoms with Gasteiger partial charge in [-0.2, -0.15) is 5.06 Å². The highest BCUT2D eigenvalue weighted by atomic mass is 19.1. The van der Waals surface area contributed by atoms with Gasteiger partial charge in [-0.25, -0.2) is 4.39 Å². The zero-order valence-electron chi connectivity index (χ0n) is 25.1. The molecule has 1 saturated heterocycles. The van der Waals surface area contributed by atoms with Crippen LogP contribution in [0.3, 0.4) is 0 Å². The Balaban J connectivity index is 1.71. The molecule has 1 amide bonds. The molecule has 2 aliphatic heterocycles. The van der Waals surface area contributed by atoms with Crippen LogP contribution in [0.15, 0.2) is 42.5 Å². The number of hydrogen-bond acceptors (Lipinski definition) is 7. The van der Waals surface area contributed by atoms with Crippen molar-refractivity contribution in [2.45, 2.75) is 65.1 Å². The monoisotopic (exact) mass is 570 g/mol. The van der Waals surface area contributed by atoms with Gasteiger partial charge in [0.2, 0.25) is 0 Å². The first-order chi connectivity index (χ1) is 19.6. The molecule has 0 N–H and O–H groups in total. The summed E-state index contributed by atoms with van der Waals surface area (Å²) < 4.78 is 38.1. The standard InChI is InChI=1S/C32H43FN2O6/c1-7-34(8-2)30(36)23-10-12-25(29(18-23)38-21-37-6)27-20-32(41-28-13-11-24(33)19-26(27)28)14-9-16-35(17-15-32)40-22-39-31(3,4)5/h10-13,18-20H,7-9,14-17,21-22H2,1-6H3. The Morgan fingerprint density at radius 2 is 1.83 bits per heavy atom. The minimum absolute atomic E-state index is 0.00375. The smallest absolute Gasteiger partial charge is 0.253 e. The quantitative estimate of drug-likeness (QED) is 0.323. The van der Waals surface area contributed by atoms with E-state index in [1.54, 1.807) is 30.2 Å². The van der Waals surface area contributed by atoms with E-state index in [0.717, 1.165) is 30.5 Å². The predicted octanol–water partition coefficient (Wildman–Crippen LogP) is 6.04. The lowest BCUT2D eigenvalue weighted by atomic mass is 9.84. The Hall–Kier alpha value is -2.98. The van der Waals surface area contributed by atoms with Crippen molar-refractivity contribution in [1.29, 1.82) is 0 Å². The van der Waals surface area contributed by atoms with Crippen LogP contribution >= 0.6 is 0 Å². The van der Waals surface area contributed by atoms with Crippen LogP contribution < -0.4 is 9.47 Å². The number of methoxy groups -OCH3 is 1. The normalized spacial score (nSPS) is 19.2. The highest BCUT2D eigenvalue weighted by Crippen LogP contribution is 2.45. The average Bonchev–Trinajstić information content (AvgIpc) is 3.13. The maximum Gasteiger partial charge on any atom is 0.253 e. The Kier molecular flexibility index (Phi) is 10.1. The third kappa shape index (κ3) is 7.65. The molecule has 41 heavy (non-hydrogen) atoms. The summed E-state index contributed by atoms with van der Waals surface area (Å²) in [4.78, 5) is 20.8. The summed E-state index contributed by atoms with van der Waals surface area (Å²) in [5.74, 6) is 0.657. The summed E-state index contributed by atoms with van der Waals surface area (Å²) >= 11 is 0. The molecule has 0 radical (unpaired) electrons. The molecule has 2 aromatic rings. The van der Waals surface area contributed by atoms with Crippen LogP contribution in [0.5, 0.6) is 11.5 Å². The second-order valence-electron chi connectivity index (χ2n) is 11.4. The molecule has 0 aromatic heterocycles. The number of fused-ring (bicyclic) bond motifs is 1. The van der Waals surface area contributed by atoms with E-state index < -0.39 is 5.60 Å². The van der Waals surface area contributed by atoms with Crippen molar-refractivity contribution in [2.24, 2.45) is 0 Å². The summed E-state index contributed by atoms with van der Waals surface area (Å²) in [5, 5.41) is 1.93. The molecule has 2 aromatic carbocycles. The van der Waals surface area contributed by atoms with Crippen molar-refractivity contribution in [3.05, 3.63) is 65.0 Å². The Bertz CT molecular complexity index is 1240. The fourth-order valence-corrected chi connectivity index (χ4v) is 5.19. The number of hydroxylamine groups is 2. The molecule has 1 spiro atoms. The first-order valence-electron chi connectivity index (χ1n) is 14.4. The lowest BCUT2D eigenvalue weighted by Crippen LogP contribution is -2.38. The molecule has 224 valence electrons. The number of rotatable bonds is 10. The Morgan fingerprint density at radius 3 is 2.54 bits per heavy atom. The van der Waals surface area contributed by atoms with E-state index in [0.29, 0.717) is 48.7 Å². The highest BCUT2D eigenvalue weighted by molar-refractivity contribution is 5.96. The van der Waals surface area contributed by atoms with Crippen LogP contribution in [0.4, 0.5) is 4.39 Å². The molecule has 8 nitrogen and oxygen atoms in total. The van der Waals surface area contributed by atoms with Crippen LogP contribution in [0.2, 0.25) is 0 Å². The largest absolute Gasteiger partial charge is 0.482 e. The van der Waals surface area contributed by atoms with Gasteiger partial charge in [0.1, 0.15) is 22.9 Å². The molecule has 0 saturated carbocycles. The van der Waals surface area contributed by atoms with Gasteiger partial charge in [0, 0.05) is 56.4 Å². The van der Waals surface area contributed by atoms with Crippen molar-refractivity contribution >= 4 is 11.5 Å². The summed E-state index contributed by atoms with van der Waals surface area (Å²) in [6.45, 7) is 12.6. The van der Waals surface area contributed by atoms with E-state index in [2.05, 4.69) is 6.08 Å². The number of benzene rings is 2. The Labute approximate surface area is 242 Å². The number of amides is 1. The van der Waals surface area contributed by atoms with Crippen LogP contribution in [-0.2, 0) is 14.3 Å². The van der Waals surface area contributed by atoms with Gasteiger partial charge >= 0.3 is 0 Å². The molecular weight excluding hydrogens is 527 g/mol. The fourth-order valence-electron chi connectivity index (χ4n) is 5.19. The van der Waals surface area contributed by atoms with Crippen LogP contribution in [0.1, 0.15) is 75.4 Å². The van der Waals surface area contributed by atoms with Crippen molar-refractivity contribution in [2.75, 3.05) is 46.9 Å². The minimum Gasteiger partial charge on any atom is -0.482 e. The van der Waals surface area contributed by atoms with E-state index in [4.69, 9.17) is 23.8 Å². The summed E-state index contributed by atoms with van der Waals surface area (Å²) in [5.41, 5.74) is 1.77. The minimum atomic E-state index is -0.628. The number of carbonyl (C=O) groups excluding carboxylic acids is 1. The van der Waals surface area contributed by atoms with Crippen LogP contribution in [0.25, 0.3) is 5.57 Å². The molecule has 0 aliphatic carbocycles. The first kappa shape index (κ1) is 31.0. The van der Waals surface area contributed by atoms with Crippen molar-refractivity contribution in [3.8, 4) is 11.5 Å². The second-order valence-corrected chi connectivity index (χ2v) is 11.4. The number of carbonyl (C=O) groups is 1. The van der Waals surface area contributed by atoms with Gasteiger partial charge in [-0.05, 0) is 95.5 Å². The van der Waals surface area contributed by atoms with Crippen molar-refractivity contribution in [1.82, 2.24) is 9.96 Å². The van der Waals surface area contributed by atoms with E-state index in [9.17, 15) is 9.18 Å². The fraction of sp³-hybridized carbons (Fsp3) is 0.531. The molecule has 9 heteroatoms. The molecule has 0 bridgehead atoms. The zero-order chi connectivity index (χ0) is 29.6. The van der Waals surface area contributed by atoms with Crippen molar-refractivity contribution in [3.63, 3.8) is 0 Å². The second kappa shape index (κ2) is 13.3. The van der Waals surface area contributed by atoms with Gasteiger partial charge in [-0.15, -0.1) is 0 Å². The third-order valence-corrected chi connectivity index (χ3v) is 7.37. The van der Waals surface area contributed by atoms with E-state index in [1.807, 2.05) is 45.7 Å². The van der Waals surface area contributed by atoms with Crippen molar-refractivity contribution < 1.29 is 33.0 Å². The van der Waals surface area contributed by atoms with Crippen LogP contribution in [-0.4, -0.2) is 73.9 Å². The van der Waals surface area contributed by atoms with E-state index >= 15 is 0 Å². The number of hydrogen-bond donors (Lipinski definition) is 0. The third-order valence-electron chi connectivity index (χ3n) is 7.37.